The Labute approximate surface area is 158 Å². The summed E-state index contributed by atoms with van der Waals surface area (Å²) in [6, 6.07) is 12.6. The summed E-state index contributed by atoms with van der Waals surface area (Å²) in [5.41, 5.74) is 1.75. The van der Waals surface area contributed by atoms with Crippen LogP contribution in [0.1, 0.15) is 0 Å². The number of aromatic amines is 1. The molecule has 0 spiro atoms. The third kappa shape index (κ3) is 2.98. The molecule has 1 aliphatic heterocycles. The predicted octanol–water partition coefficient (Wildman–Crippen LogP) is 3.41. The maximum Gasteiger partial charge on any atom is 0.210 e. The van der Waals surface area contributed by atoms with Gasteiger partial charge >= 0.3 is 0 Å². The van der Waals surface area contributed by atoms with Gasteiger partial charge < -0.3 is 14.8 Å². The highest BCUT2D eigenvalue weighted by Crippen LogP contribution is 2.34. The van der Waals surface area contributed by atoms with E-state index in [1.165, 1.54) is 6.20 Å². The molecule has 1 aromatic heterocycles. The Bertz CT molecular complexity index is 1050. The number of nitrogens with one attached hydrogen (secondary N) is 1. The van der Waals surface area contributed by atoms with Gasteiger partial charge in [-0.15, -0.1) is 0 Å². The fraction of sp³-hybridized carbons (Fsp3) is 0.263. The molecule has 1 N–H and O–H groups in total. The minimum absolute atomic E-state index is 0.141. The van der Waals surface area contributed by atoms with Crippen LogP contribution in [0.5, 0.6) is 0 Å². The van der Waals surface area contributed by atoms with Crippen molar-refractivity contribution in [2.24, 2.45) is 0 Å². The number of likely N-dealkylation sites (N-methyl/N-ethyl adjacent to an activating group) is 1. The fourth-order valence-corrected chi connectivity index (χ4v) is 5.32. The second-order valence-electron chi connectivity index (χ2n) is 6.61. The number of nitrogens with zero attached hydrogens (tertiary/aromatic N) is 2. The van der Waals surface area contributed by atoms with Gasteiger partial charge in [-0.3, -0.25) is 0 Å². The normalized spacial score (nSPS) is 16.3. The SMILES string of the molecule is CN1CCN(c2ccc(S(=O)(=O)c3c[nH]c4ccccc34)c(Cl)c2)CC1. The van der Waals surface area contributed by atoms with Crippen molar-refractivity contribution < 1.29 is 8.42 Å². The second kappa shape index (κ2) is 6.61. The van der Waals surface area contributed by atoms with Crippen molar-refractivity contribution in [2.45, 2.75) is 9.79 Å². The Morgan fingerprint density at radius 3 is 2.46 bits per heavy atom. The van der Waals surface area contributed by atoms with Crippen molar-refractivity contribution in [3.63, 3.8) is 0 Å². The van der Waals surface area contributed by atoms with Crippen LogP contribution < -0.4 is 4.90 Å². The van der Waals surface area contributed by atoms with Crippen LogP contribution in [0.3, 0.4) is 0 Å². The maximum absolute atomic E-state index is 13.1. The number of H-pyrrole nitrogens is 1. The standard InChI is InChI=1S/C19H20ClN3O2S/c1-22-8-10-23(11-9-22)14-6-7-18(16(20)12-14)26(24,25)19-13-21-17-5-3-2-4-15(17)19/h2-7,12-13,21H,8-11H2,1H3. The number of halogens is 1. The Hall–Kier alpha value is -2.02. The summed E-state index contributed by atoms with van der Waals surface area (Å²) in [5, 5.41) is 0.929. The molecule has 0 bridgehead atoms. The second-order valence-corrected chi connectivity index (χ2v) is 8.90. The minimum atomic E-state index is -3.70. The molecule has 26 heavy (non-hydrogen) atoms. The molecule has 0 aliphatic carbocycles. The van der Waals surface area contributed by atoms with Crippen molar-refractivity contribution >= 4 is 38.0 Å². The third-order valence-corrected chi connectivity index (χ3v) is 7.19. The zero-order valence-electron chi connectivity index (χ0n) is 14.4. The minimum Gasteiger partial charge on any atom is -0.369 e. The van der Waals surface area contributed by atoms with Crippen LogP contribution in [-0.4, -0.2) is 51.5 Å². The topological polar surface area (TPSA) is 56.4 Å². The molecule has 0 unspecified atom stereocenters. The lowest BCUT2D eigenvalue weighted by Crippen LogP contribution is -2.44. The molecule has 3 aromatic rings. The van der Waals surface area contributed by atoms with Crippen LogP contribution >= 0.6 is 11.6 Å². The first kappa shape index (κ1) is 17.4. The molecule has 0 radical (unpaired) electrons. The number of piperazine rings is 1. The van der Waals surface area contributed by atoms with Gasteiger partial charge in [-0.2, -0.15) is 0 Å². The van der Waals surface area contributed by atoms with Gasteiger partial charge in [0.2, 0.25) is 9.84 Å². The highest BCUT2D eigenvalue weighted by Gasteiger charge is 2.25. The molecule has 0 saturated carbocycles. The van der Waals surface area contributed by atoms with Crippen LogP contribution in [0.15, 0.2) is 58.5 Å². The van der Waals surface area contributed by atoms with Gasteiger partial charge in [-0.25, -0.2) is 8.42 Å². The molecule has 5 nitrogen and oxygen atoms in total. The highest BCUT2D eigenvalue weighted by molar-refractivity contribution is 7.91. The number of hydrogen-bond acceptors (Lipinski definition) is 4. The number of benzene rings is 2. The molecule has 136 valence electrons. The van der Waals surface area contributed by atoms with E-state index in [2.05, 4.69) is 21.8 Å². The summed E-state index contributed by atoms with van der Waals surface area (Å²) in [7, 11) is -1.60. The molecular weight excluding hydrogens is 370 g/mol. The summed E-state index contributed by atoms with van der Waals surface area (Å²) >= 11 is 6.40. The smallest absolute Gasteiger partial charge is 0.210 e. The zero-order valence-corrected chi connectivity index (χ0v) is 16.0. The summed E-state index contributed by atoms with van der Waals surface area (Å²) in [6.45, 7) is 3.77. The number of sulfone groups is 1. The molecule has 0 amide bonds. The number of para-hydroxylation sites is 1. The van der Waals surface area contributed by atoms with Crippen LogP contribution in [0.4, 0.5) is 5.69 Å². The van der Waals surface area contributed by atoms with Crippen LogP contribution in [0.25, 0.3) is 10.9 Å². The van der Waals surface area contributed by atoms with Gasteiger partial charge in [0.05, 0.1) is 14.8 Å². The fourth-order valence-electron chi connectivity index (χ4n) is 3.35. The van der Waals surface area contributed by atoms with E-state index in [4.69, 9.17) is 11.6 Å². The van der Waals surface area contributed by atoms with Gasteiger partial charge in [0.25, 0.3) is 0 Å². The van der Waals surface area contributed by atoms with E-state index in [1.54, 1.807) is 18.2 Å². The molecule has 2 aromatic carbocycles. The van der Waals surface area contributed by atoms with Crippen LogP contribution in [-0.2, 0) is 9.84 Å². The van der Waals surface area contributed by atoms with E-state index in [9.17, 15) is 8.42 Å². The molecule has 2 heterocycles. The molecular formula is C19H20ClN3O2S. The largest absolute Gasteiger partial charge is 0.369 e. The Kier molecular flexibility index (Phi) is 4.42. The first-order valence-electron chi connectivity index (χ1n) is 8.51. The summed E-state index contributed by atoms with van der Waals surface area (Å²) in [5.74, 6) is 0. The Morgan fingerprint density at radius 2 is 1.73 bits per heavy atom. The lowest BCUT2D eigenvalue weighted by Gasteiger charge is -2.34. The molecule has 1 saturated heterocycles. The molecule has 4 rings (SSSR count). The summed E-state index contributed by atoms with van der Waals surface area (Å²) in [4.78, 5) is 7.91. The molecule has 1 fully saturated rings. The van der Waals surface area contributed by atoms with E-state index in [0.717, 1.165) is 37.4 Å². The molecule has 0 atom stereocenters. The number of anilines is 1. The first-order chi connectivity index (χ1) is 12.5. The Morgan fingerprint density at radius 1 is 1.00 bits per heavy atom. The highest BCUT2D eigenvalue weighted by atomic mass is 35.5. The molecule has 7 heteroatoms. The van der Waals surface area contributed by atoms with Gasteiger partial charge in [0.15, 0.2) is 0 Å². The summed E-state index contributed by atoms with van der Waals surface area (Å²) in [6.07, 6.45) is 1.53. The third-order valence-electron chi connectivity index (χ3n) is 4.91. The quantitative estimate of drug-likeness (QED) is 0.745. The maximum atomic E-state index is 13.1. The predicted molar refractivity (Wildman–Crippen MR) is 105 cm³/mol. The van der Waals surface area contributed by atoms with Gasteiger partial charge in [-0.1, -0.05) is 29.8 Å². The van der Waals surface area contributed by atoms with E-state index < -0.39 is 9.84 Å². The lowest BCUT2D eigenvalue weighted by atomic mass is 10.2. The van der Waals surface area contributed by atoms with Gasteiger partial charge in [-0.05, 0) is 31.3 Å². The number of rotatable bonds is 3. The average molecular weight is 390 g/mol. The van der Waals surface area contributed by atoms with E-state index >= 15 is 0 Å². The Balaban J connectivity index is 1.71. The number of fused-ring (bicyclic) bond motifs is 1. The lowest BCUT2D eigenvalue weighted by molar-refractivity contribution is 0.313. The van der Waals surface area contributed by atoms with Gasteiger partial charge in [0, 0.05) is 49.0 Å². The molecule has 1 aliphatic rings. The van der Waals surface area contributed by atoms with E-state index in [-0.39, 0.29) is 14.8 Å². The number of aromatic nitrogens is 1. The van der Waals surface area contributed by atoms with Crippen molar-refractivity contribution in [2.75, 3.05) is 38.1 Å². The average Bonchev–Trinajstić information content (AvgIpc) is 3.07. The zero-order chi connectivity index (χ0) is 18.3. The van der Waals surface area contributed by atoms with Crippen molar-refractivity contribution in [1.82, 2.24) is 9.88 Å². The number of hydrogen-bond donors (Lipinski definition) is 1. The van der Waals surface area contributed by atoms with Gasteiger partial charge in [0.1, 0.15) is 0 Å². The monoisotopic (exact) mass is 389 g/mol. The van der Waals surface area contributed by atoms with Crippen molar-refractivity contribution in [3.05, 3.63) is 53.7 Å². The summed E-state index contributed by atoms with van der Waals surface area (Å²) < 4.78 is 26.3. The van der Waals surface area contributed by atoms with E-state index in [0.29, 0.717) is 5.39 Å². The van der Waals surface area contributed by atoms with Crippen LogP contribution in [0.2, 0.25) is 5.02 Å². The van der Waals surface area contributed by atoms with Crippen molar-refractivity contribution in [1.29, 1.82) is 0 Å². The van der Waals surface area contributed by atoms with Crippen molar-refractivity contribution in [3.8, 4) is 0 Å². The first-order valence-corrected chi connectivity index (χ1v) is 10.4. The van der Waals surface area contributed by atoms with Crippen LogP contribution in [0, 0.1) is 0 Å². The van der Waals surface area contributed by atoms with E-state index in [1.807, 2.05) is 24.3 Å².